The third-order valence-corrected chi connectivity index (χ3v) is 3.41. The van der Waals surface area contributed by atoms with Crippen molar-refractivity contribution in [3.8, 4) is 0 Å². The molecule has 6 heteroatoms. The Balaban J connectivity index is 2.65. The van der Waals surface area contributed by atoms with Crippen molar-refractivity contribution in [3.05, 3.63) is 29.8 Å². The van der Waals surface area contributed by atoms with Gasteiger partial charge < -0.3 is 16.4 Å². The van der Waals surface area contributed by atoms with Crippen molar-refractivity contribution in [1.29, 1.82) is 0 Å². The lowest BCUT2D eigenvalue weighted by Crippen LogP contribution is -2.43. The first kappa shape index (κ1) is 18.7. The summed E-state index contributed by atoms with van der Waals surface area (Å²) in [6.45, 7) is 3.47. The van der Waals surface area contributed by atoms with Gasteiger partial charge in [-0.05, 0) is 37.0 Å². The summed E-state index contributed by atoms with van der Waals surface area (Å²) < 4.78 is 0. The molecule has 4 N–H and O–H groups in total. The van der Waals surface area contributed by atoms with Crippen LogP contribution in [-0.2, 0) is 20.8 Å². The van der Waals surface area contributed by atoms with Crippen molar-refractivity contribution in [2.24, 2.45) is 5.73 Å². The van der Waals surface area contributed by atoms with Crippen LogP contribution in [0.25, 0.3) is 0 Å². The number of rotatable bonds is 9. The molecule has 23 heavy (non-hydrogen) atoms. The maximum atomic E-state index is 12.2. The second-order valence-electron chi connectivity index (χ2n) is 5.55. The normalized spacial score (nSPS) is 11.6. The van der Waals surface area contributed by atoms with Gasteiger partial charge in [0, 0.05) is 19.0 Å². The number of unbranched alkanes of at least 4 members (excludes halogenated alkanes) is 1. The molecule has 1 aromatic rings. The number of benzene rings is 1. The number of hydrogen-bond donors (Lipinski definition) is 3. The van der Waals surface area contributed by atoms with Crippen molar-refractivity contribution in [1.82, 2.24) is 5.32 Å². The van der Waals surface area contributed by atoms with Gasteiger partial charge in [-0.25, -0.2) is 0 Å². The molecule has 0 radical (unpaired) electrons. The third kappa shape index (κ3) is 7.44. The minimum atomic E-state index is -0.778. The fourth-order valence-corrected chi connectivity index (χ4v) is 2.17. The number of nitrogens with one attached hydrogen (secondary N) is 2. The Morgan fingerprint density at radius 1 is 1.17 bits per heavy atom. The van der Waals surface area contributed by atoms with Crippen LogP contribution in [0.4, 0.5) is 5.69 Å². The predicted octanol–water partition coefficient (Wildman–Crippen LogP) is 1.74. The van der Waals surface area contributed by atoms with E-state index in [0.29, 0.717) is 5.69 Å². The average Bonchev–Trinajstić information content (AvgIpc) is 2.50. The maximum Gasteiger partial charge on any atom is 0.246 e. The van der Waals surface area contributed by atoms with Crippen LogP contribution < -0.4 is 16.4 Å². The van der Waals surface area contributed by atoms with Crippen LogP contribution >= 0.6 is 0 Å². The highest BCUT2D eigenvalue weighted by molar-refractivity contribution is 5.97. The summed E-state index contributed by atoms with van der Waals surface area (Å²) in [6.07, 6.45) is 3.49. The number of hydrogen-bond acceptors (Lipinski definition) is 3. The van der Waals surface area contributed by atoms with E-state index in [2.05, 4.69) is 17.6 Å². The van der Waals surface area contributed by atoms with Gasteiger partial charge >= 0.3 is 0 Å². The Kier molecular flexibility index (Phi) is 7.80. The molecule has 0 aliphatic heterocycles. The highest BCUT2D eigenvalue weighted by Crippen LogP contribution is 2.12. The Bertz CT molecular complexity index is 541. The molecule has 0 aliphatic carbocycles. The number of anilines is 1. The molecule has 0 heterocycles. The summed E-state index contributed by atoms with van der Waals surface area (Å²) in [7, 11) is 0. The van der Waals surface area contributed by atoms with Gasteiger partial charge in [0.25, 0.3) is 0 Å². The van der Waals surface area contributed by atoms with E-state index in [0.717, 1.165) is 19.3 Å². The van der Waals surface area contributed by atoms with Crippen molar-refractivity contribution in [3.63, 3.8) is 0 Å². The van der Waals surface area contributed by atoms with E-state index in [1.165, 1.54) is 12.5 Å². The number of primary amides is 1. The highest BCUT2D eigenvalue weighted by atomic mass is 16.2. The van der Waals surface area contributed by atoms with Gasteiger partial charge in [0.15, 0.2) is 0 Å². The second-order valence-corrected chi connectivity index (χ2v) is 5.55. The van der Waals surface area contributed by atoms with Gasteiger partial charge in [-0.3, -0.25) is 14.4 Å². The average molecular weight is 319 g/mol. The molecule has 0 aromatic heterocycles. The van der Waals surface area contributed by atoms with Crippen molar-refractivity contribution < 1.29 is 14.4 Å². The molecular weight excluding hydrogens is 294 g/mol. The number of aryl methyl sites for hydroxylation is 1. The molecule has 0 saturated heterocycles. The maximum absolute atomic E-state index is 12.2. The summed E-state index contributed by atoms with van der Waals surface area (Å²) in [4.78, 5) is 34.3. The molecule has 0 spiro atoms. The molecule has 1 aromatic carbocycles. The molecule has 0 aliphatic rings. The third-order valence-electron chi connectivity index (χ3n) is 3.41. The van der Waals surface area contributed by atoms with Crippen molar-refractivity contribution in [2.75, 3.05) is 5.32 Å². The molecule has 3 amide bonds. The molecule has 0 bridgehead atoms. The summed E-state index contributed by atoms with van der Waals surface area (Å²) in [6, 6.07) is 6.84. The first-order valence-electron chi connectivity index (χ1n) is 7.87. The largest absolute Gasteiger partial charge is 0.370 e. The molecule has 1 rings (SSSR count). The Morgan fingerprint density at radius 3 is 2.35 bits per heavy atom. The van der Waals surface area contributed by atoms with Crippen LogP contribution in [-0.4, -0.2) is 23.8 Å². The standard InChI is InChI=1S/C17H25N3O3/c1-3-4-5-13-6-8-14(9-7-13)20-17(23)15(19-12(2)21)10-11-16(18)22/h6-9,15H,3-5,10-11H2,1-2H3,(H2,18,22)(H,19,21)(H,20,23). The van der Waals surface area contributed by atoms with E-state index in [1.54, 1.807) is 0 Å². The summed E-state index contributed by atoms with van der Waals surface area (Å²) in [5.41, 5.74) is 6.97. The van der Waals surface area contributed by atoms with Crippen LogP contribution in [0.2, 0.25) is 0 Å². The molecular formula is C17H25N3O3. The summed E-state index contributed by atoms with van der Waals surface area (Å²) in [5.74, 6) is -1.19. The van der Waals surface area contributed by atoms with Gasteiger partial charge in [0.2, 0.25) is 17.7 Å². The van der Waals surface area contributed by atoms with Crippen LogP contribution in [0, 0.1) is 0 Å². The van der Waals surface area contributed by atoms with E-state index in [9.17, 15) is 14.4 Å². The first-order chi connectivity index (χ1) is 10.9. The number of carbonyl (C=O) groups excluding carboxylic acids is 3. The highest BCUT2D eigenvalue weighted by Gasteiger charge is 2.20. The molecule has 1 atom stereocenters. The number of amides is 3. The van der Waals surface area contributed by atoms with E-state index < -0.39 is 11.9 Å². The fraction of sp³-hybridized carbons (Fsp3) is 0.471. The van der Waals surface area contributed by atoms with Crippen molar-refractivity contribution >= 4 is 23.4 Å². The summed E-state index contributed by atoms with van der Waals surface area (Å²) >= 11 is 0. The zero-order chi connectivity index (χ0) is 17.2. The van der Waals surface area contributed by atoms with E-state index in [1.807, 2.05) is 24.3 Å². The zero-order valence-electron chi connectivity index (χ0n) is 13.7. The lowest BCUT2D eigenvalue weighted by Gasteiger charge is -2.17. The lowest BCUT2D eigenvalue weighted by molar-refractivity contribution is -0.126. The molecule has 1 unspecified atom stereocenters. The van der Waals surface area contributed by atoms with E-state index in [-0.39, 0.29) is 24.7 Å². The molecule has 6 nitrogen and oxygen atoms in total. The topological polar surface area (TPSA) is 101 Å². The second kappa shape index (κ2) is 9.61. The van der Waals surface area contributed by atoms with Gasteiger partial charge in [-0.15, -0.1) is 0 Å². The lowest BCUT2D eigenvalue weighted by atomic mass is 10.1. The minimum absolute atomic E-state index is 0.0360. The fourth-order valence-electron chi connectivity index (χ4n) is 2.17. The van der Waals surface area contributed by atoms with Gasteiger partial charge in [0.1, 0.15) is 6.04 Å². The zero-order valence-corrected chi connectivity index (χ0v) is 13.7. The SMILES string of the molecule is CCCCc1ccc(NC(=O)C(CCC(N)=O)NC(C)=O)cc1. The van der Waals surface area contributed by atoms with E-state index >= 15 is 0 Å². The van der Waals surface area contributed by atoms with Crippen LogP contribution in [0.5, 0.6) is 0 Å². The van der Waals surface area contributed by atoms with E-state index in [4.69, 9.17) is 5.73 Å². The number of carbonyl (C=O) groups is 3. The molecule has 0 saturated carbocycles. The van der Waals surface area contributed by atoms with Crippen molar-refractivity contribution in [2.45, 2.75) is 52.0 Å². The van der Waals surface area contributed by atoms with Gasteiger partial charge in [0.05, 0.1) is 0 Å². The molecule has 0 fully saturated rings. The van der Waals surface area contributed by atoms with Gasteiger partial charge in [-0.1, -0.05) is 25.5 Å². The summed E-state index contributed by atoms with van der Waals surface area (Å²) in [5, 5.41) is 5.28. The molecule has 126 valence electrons. The quantitative estimate of drug-likeness (QED) is 0.646. The Morgan fingerprint density at radius 2 is 1.83 bits per heavy atom. The predicted molar refractivity (Wildman–Crippen MR) is 89.7 cm³/mol. The Hall–Kier alpha value is -2.37. The van der Waals surface area contributed by atoms with Crippen LogP contribution in [0.3, 0.4) is 0 Å². The van der Waals surface area contributed by atoms with Crippen LogP contribution in [0.15, 0.2) is 24.3 Å². The monoisotopic (exact) mass is 319 g/mol. The number of nitrogens with two attached hydrogens (primary N) is 1. The van der Waals surface area contributed by atoms with Gasteiger partial charge in [-0.2, -0.15) is 0 Å². The van der Waals surface area contributed by atoms with Crippen LogP contribution in [0.1, 0.15) is 45.1 Å². The first-order valence-corrected chi connectivity index (χ1v) is 7.87. The minimum Gasteiger partial charge on any atom is -0.370 e. The smallest absolute Gasteiger partial charge is 0.246 e. The Labute approximate surface area is 136 Å².